The number of hydrogen-bond donors (Lipinski definition) is 4. The van der Waals surface area contributed by atoms with E-state index in [2.05, 4.69) is 16.0 Å². The van der Waals surface area contributed by atoms with Crippen LogP contribution in [0.1, 0.15) is 39.5 Å². The van der Waals surface area contributed by atoms with E-state index in [1.807, 2.05) is 6.92 Å². The molecule has 0 aromatic heterocycles. The largest absolute Gasteiger partial charge is 0.480 e. The van der Waals surface area contributed by atoms with Crippen LogP contribution in [-0.4, -0.2) is 47.9 Å². The van der Waals surface area contributed by atoms with Crippen molar-refractivity contribution in [1.82, 2.24) is 16.0 Å². The van der Waals surface area contributed by atoms with Crippen LogP contribution in [0.3, 0.4) is 0 Å². The SMILES string of the molecule is CCCC(NC(=O)CCC(=O)NCCNC(C)=O)C(=O)O. The molecule has 0 bridgehead atoms. The number of carboxylic acids is 1. The van der Waals surface area contributed by atoms with Crippen molar-refractivity contribution in [3.63, 3.8) is 0 Å². The van der Waals surface area contributed by atoms with Gasteiger partial charge in [0.1, 0.15) is 6.04 Å². The molecule has 8 nitrogen and oxygen atoms in total. The Kier molecular flexibility index (Phi) is 9.57. The summed E-state index contributed by atoms with van der Waals surface area (Å²) in [4.78, 5) is 44.4. The molecule has 0 fully saturated rings. The van der Waals surface area contributed by atoms with Gasteiger partial charge in [0.05, 0.1) is 0 Å². The van der Waals surface area contributed by atoms with E-state index in [1.54, 1.807) is 0 Å². The highest BCUT2D eigenvalue weighted by atomic mass is 16.4. The molecule has 0 saturated carbocycles. The van der Waals surface area contributed by atoms with Gasteiger partial charge in [-0.1, -0.05) is 13.3 Å². The minimum absolute atomic E-state index is 0.0234. The monoisotopic (exact) mass is 301 g/mol. The van der Waals surface area contributed by atoms with Gasteiger partial charge in [-0.25, -0.2) is 4.79 Å². The standard InChI is InChI=1S/C13H23N3O5/c1-3-4-10(13(20)21)16-12(19)6-5-11(18)15-8-7-14-9(2)17/h10H,3-8H2,1-2H3,(H,14,17)(H,15,18)(H,16,19)(H,20,21). The fraction of sp³-hybridized carbons (Fsp3) is 0.692. The second-order valence-electron chi connectivity index (χ2n) is 4.58. The molecule has 0 spiro atoms. The van der Waals surface area contributed by atoms with Gasteiger partial charge in [-0.15, -0.1) is 0 Å². The molecule has 0 radical (unpaired) electrons. The highest BCUT2D eigenvalue weighted by Gasteiger charge is 2.18. The van der Waals surface area contributed by atoms with Gasteiger partial charge >= 0.3 is 5.97 Å². The molecular formula is C13H23N3O5. The van der Waals surface area contributed by atoms with E-state index in [0.717, 1.165) is 0 Å². The van der Waals surface area contributed by atoms with Gasteiger partial charge in [-0.05, 0) is 6.42 Å². The molecule has 0 aliphatic heterocycles. The first-order valence-corrected chi connectivity index (χ1v) is 6.90. The second kappa shape index (κ2) is 10.6. The van der Waals surface area contributed by atoms with Crippen molar-refractivity contribution < 1.29 is 24.3 Å². The molecular weight excluding hydrogens is 278 g/mol. The topological polar surface area (TPSA) is 125 Å². The minimum atomic E-state index is -1.08. The summed E-state index contributed by atoms with van der Waals surface area (Å²) in [5, 5.41) is 16.3. The van der Waals surface area contributed by atoms with Gasteiger partial charge in [0.15, 0.2) is 0 Å². The van der Waals surface area contributed by atoms with Crippen molar-refractivity contribution in [2.75, 3.05) is 13.1 Å². The molecule has 0 heterocycles. The summed E-state index contributed by atoms with van der Waals surface area (Å²) in [5.41, 5.74) is 0. The zero-order valence-electron chi connectivity index (χ0n) is 12.4. The molecule has 0 aromatic rings. The van der Waals surface area contributed by atoms with Crippen molar-refractivity contribution in [2.24, 2.45) is 0 Å². The highest BCUT2D eigenvalue weighted by molar-refractivity contribution is 5.86. The van der Waals surface area contributed by atoms with Gasteiger partial charge in [-0.2, -0.15) is 0 Å². The second-order valence-corrected chi connectivity index (χ2v) is 4.58. The lowest BCUT2D eigenvalue weighted by Crippen LogP contribution is -2.41. The fourth-order valence-electron chi connectivity index (χ4n) is 1.57. The lowest BCUT2D eigenvalue weighted by atomic mass is 10.1. The Labute approximate surface area is 123 Å². The Balaban J connectivity index is 3.88. The first kappa shape index (κ1) is 18.9. The van der Waals surface area contributed by atoms with Crippen LogP contribution in [0.4, 0.5) is 0 Å². The van der Waals surface area contributed by atoms with E-state index in [9.17, 15) is 19.2 Å². The van der Waals surface area contributed by atoms with Crippen LogP contribution in [0, 0.1) is 0 Å². The Morgan fingerprint density at radius 3 is 2.10 bits per heavy atom. The lowest BCUT2D eigenvalue weighted by molar-refractivity contribution is -0.142. The molecule has 3 amide bonds. The number of aliphatic carboxylic acids is 1. The Bertz CT molecular complexity index is 384. The van der Waals surface area contributed by atoms with Gasteiger partial charge in [0, 0.05) is 32.9 Å². The summed E-state index contributed by atoms with van der Waals surface area (Å²) < 4.78 is 0. The van der Waals surface area contributed by atoms with Gasteiger partial charge in [-0.3, -0.25) is 14.4 Å². The summed E-state index contributed by atoms with van der Waals surface area (Å²) >= 11 is 0. The van der Waals surface area contributed by atoms with E-state index in [-0.39, 0.29) is 31.2 Å². The molecule has 0 aliphatic carbocycles. The summed E-state index contributed by atoms with van der Waals surface area (Å²) in [6.07, 6.45) is 0.898. The maximum atomic E-state index is 11.5. The summed E-state index contributed by atoms with van der Waals surface area (Å²) in [5.74, 6) is -2.05. The maximum Gasteiger partial charge on any atom is 0.326 e. The van der Waals surface area contributed by atoms with Gasteiger partial charge < -0.3 is 21.1 Å². The Hall–Kier alpha value is -2.12. The molecule has 0 saturated heterocycles. The van der Waals surface area contributed by atoms with Crippen LogP contribution in [0.2, 0.25) is 0 Å². The van der Waals surface area contributed by atoms with Crippen LogP contribution in [0.25, 0.3) is 0 Å². The van der Waals surface area contributed by atoms with Crippen molar-refractivity contribution in [3.05, 3.63) is 0 Å². The third kappa shape index (κ3) is 10.3. The van der Waals surface area contributed by atoms with Crippen LogP contribution in [0.5, 0.6) is 0 Å². The van der Waals surface area contributed by atoms with Crippen LogP contribution >= 0.6 is 0 Å². The normalized spacial score (nSPS) is 11.3. The number of nitrogens with one attached hydrogen (secondary N) is 3. The smallest absolute Gasteiger partial charge is 0.326 e. The van der Waals surface area contributed by atoms with E-state index in [0.29, 0.717) is 19.4 Å². The van der Waals surface area contributed by atoms with Crippen LogP contribution < -0.4 is 16.0 Å². The van der Waals surface area contributed by atoms with E-state index < -0.39 is 17.9 Å². The average Bonchev–Trinajstić information content (AvgIpc) is 2.40. The lowest BCUT2D eigenvalue weighted by Gasteiger charge is -2.13. The number of hydrogen-bond acceptors (Lipinski definition) is 4. The number of rotatable bonds is 10. The van der Waals surface area contributed by atoms with Crippen LogP contribution in [0.15, 0.2) is 0 Å². The predicted octanol–water partition coefficient (Wildman–Crippen LogP) is -0.612. The zero-order chi connectivity index (χ0) is 16.3. The number of amides is 3. The number of carbonyl (C=O) groups excluding carboxylic acids is 3. The molecule has 21 heavy (non-hydrogen) atoms. The molecule has 0 aliphatic rings. The summed E-state index contributed by atoms with van der Waals surface area (Å²) in [6.45, 7) is 3.81. The first-order valence-electron chi connectivity index (χ1n) is 6.90. The van der Waals surface area contributed by atoms with Gasteiger partial charge in [0.25, 0.3) is 0 Å². The van der Waals surface area contributed by atoms with E-state index in [1.165, 1.54) is 6.92 Å². The molecule has 1 atom stereocenters. The number of carbonyl (C=O) groups is 4. The molecule has 1 unspecified atom stereocenters. The molecule has 8 heteroatoms. The summed E-state index contributed by atoms with van der Waals surface area (Å²) in [6, 6.07) is -0.912. The third-order valence-electron chi connectivity index (χ3n) is 2.61. The highest BCUT2D eigenvalue weighted by Crippen LogP contribution is 1.98. The average molecular weight is 301 g/mol. The van der Waals surface area contributed by atoms with E-state index >= 15 is 0 Å². The molecule has 0 rings (SSSR count). The third-order valence-corrected chi connectivity index (χ3v) is 2.61. The molecule has 4 N–H and O–H groups in total. The van der Waals surface area contributed by atoms with Crippen molar-refractivity contribution in [3.8, 4) is 0 Å². The molecule has 120 valence electrons. The summed E-state index contributed by atoms with van der Waals surface area (Å²) in [7, 11) is 0. The zero-order valence-corrected chi connectivity index (χ0v) is 12.4. The maximum absolute atomic E-state index is 11.5. The molecule has 0 aromatic carbocycles. The van der Waals surface area contributed by atoms with Crippen molar-refractivity contribution in [2.45, 2.75) is 45.6 Å². The minimum Gasteiger partial charge on any atom is -0.480 e. The predicted molar refractivity (Wildman–Crippen MR) is 75.4 cm³/mol. The quantitative estimate of drug-likeness (QED) is 0.401. The van der Waals surface area contributed by atoms with E-state index in [4.69, 9.17) is 5.11 Å². The van der Waals surface area contributed by atoms with Crippen molar-refractivity contribution in [1.29, 1.82) is 0 Å². The number of carboxylic acid groups (broad SMARTS) is 1. The first-order chi connectivity index (χ1) is 9.86. The Morgan fingerprint density at radius 1 is 1.00 bits per heavy atom. The van der Waals surface area contributed by atoms with Gasteiger partial charge in [0.2, 0.25) is 17.7 Å². The van der Waals surface area contributed by atoms with Crippen molar-refractivity contribution >= 4 is 23.7 Å². The fourth-order valence-corrected chi connectivity index (χ4v) is 1.57. The Morgan fingerprint density at radius 2 is 1.57 bits per heavy atom. The van der Waals surface area contributed by atoms with Crippen LogP contribution in [-0.2, 0) is 19.2 Å².